The number of ether oxygens (including phenoxy) is 2. The zero-order valence-electron chi connectivity index (χ0n) is 17.6. The molecule has 0 bridgehead atoms. The third kappa shape index (κ3) is 5.43. The number of piperidine rings is 1. The number of anilines is 1. The number of likely N-dealkylation sites (tertiary alicyclic amines) is 1. The molecule has 2 aromatic carbocycles. The van der Waals surface area contributed by atoms with Gasteiger partial charge in [-0.05, 0) is 43.2 Å². The Bertz CT molecular complexity index is 1100. The summed E-state index contributed by atoms with van der Waals surface area (Å²) in [5.41, 5.74) is 0.406. The first-order valence-electron chi connectivity index (χ1n) is 9.84. The molecule has 1 aliphatic heterocycles. The number of hydrogen-bond donors (Lipinski definition) is 2. The summed E-state index contributed by atoms with van der Waals surface area (Å²) in [6.07, 6.45) is 0.731. The van der Waals surface area contributed by atoms with Gasteiger partial charge in [-0.2, -0.15) is 0 Å². The topological polar surface area (TPSA) is 114 Å². The predicted molar refractivity (Wildman–Crippen MR) is 120 cm³/mol. The highest BCUT2D eigenvalue weighted by atomic mass is 35.5. The van der Waals surface area contributed by atoms with Crippen molar-refractivity contribution < 1.29 is 27.5 Å². The largest absolute Gasteiger partial charge is 0.495 e. The van der Waals surface area contributed by atoms with Gasteiger partial charge in [0.05, 0.1) is 24.9 Å². The van der Waals surface area contributed by atoms with Gasteiger partial charge in [-0.25, -0.2) is 13.2 Å². The third-order valence-corrected chi connectivity index (χ3v) is 6.94. The highest BCUT2D eigenvalue weighted by Crippen LogP contribution is 2.29. The van der Waals surface area contributed by atoms with Crippen LogP contribution in [0.4, 0.5) is 10.5 Å². The minimum atomic E-state index is -4.09. The smallest absolute Gasteiger partial charge is 0.409 e. The lowest BCUT2D eigenvalue weighted by Crippen LogP contribution is -2.46. The lowest BCUT2D eigenvalue weighted by Gasteiger charge is -2.31. The van der Waals surface area contributed by atoms with E-state index in [1.165, 1.54) is 32.4 Å². The molecule has 2 amide bonds. The maximum absolute atomic E-state index is 13.0. The molecule has 11 heteroatoms. The van der Waals surface area contributed by atoms with E-state index in [2.05, 4.69) is 10.0 Å². The Kier molecular flexibility index (Phi) is 7.47. The summed E-state index contributed by atoms with van der Waals surface area (Å²) in [5, 5.41) is 2.86. The maximum atomic E-state index is 13.0. The fourth-order valence-corrected chi connectivity index (χ4v) is 4.98. The lowest BCUT2D eigenvalue weighted by atomic mass is 10.0. The number of sulfonamides is 1. The molecule has 0 aliphatic carbocycles. The quantitative estimate of drug-likeness (QED) is 0.655. The number of carbonyl (C=O) groups is 2. The fourth-order valence-electron chi connectivity index (χ4n) is 3.38. The van der Waals surface area contributed by atoms with E-state index in [0.29, 0.717) is 31.7 Å². The van der Waals surface area contributed by atoms with Crippen LogP contribution >= 0.6 is 11.6 Å². The summed E-state index contributed by atoms with van der Waals surface area (Å²) in [4.78, 5) is 25.7. The highest BCUT2D eigenvalue weighted by Gasteiger charge is 2.26. The monoisotopic (exact) mass is 481 g/mol. The predicted octanol–water partition coefficient (Wildman–Crippen LogP) is 3.11. The molecule has 1 fully saturated rings. The first-order chi connectivity index (χ1) is 15.2. The Balaban J connectivity index is 1.74. The van der Waals surface area contributed by atoms with Crippen LogP contribution in [0.15, 0.2) is 47.4 Å². The summed E-state index contributed by atoms with van der Waals surface area (Å²) < 4.78 is 38.2. The average molecular weight is 482 g/mol. The molecule has 2 N–H and O–H groups in total. The van der Waals surface area contributed by atoms with Gasteiger partial charge < -0.3 is 19.7 Å². The molecule has 0 saturated carbocycles. The van der Waals surface area contributed by atoms with Gasteiger partial charge in [0.1, 0.15) is 10.6 Å². The molecule has 3 rings (SSSR count). The van der Waals surface area contributed by atoms with Crippen molar-refractivity contribution >= 4 is 39.3 Å². The van der Waals surface area contributed by atoms with Gasteiger partial charge >= 0.3 is 6.09 Å². The van der Waals surface area contributed by atoms with E-state index in [-0.39, 0.29) is 27.2 Å². The number of amides is 2. The molecular weight excluding hydrogens is 458 g/mol. The standard InChI is InChI=1S/C21H24ClN3O6S/c1-30-18-6-4-3-5-17(18)24-32(28,29)19-13-14(7-8-16(19)22)20(26)23-15-9-11-25(12-10-15)21(27)31-2/h3-8,13,15,24H,9-12H2,1-2H3,(H,23,26). The van der Waals surface area contributed by atoms with E-state index >= 15 is 0 Å². The van der Waals surface area contributed by atoms with Gasteiger partial charge in [0.2, 0.25) is 0 Å². The second-order valence-corrected chi connectivity index (χ2v) is 9.21. The minimum Gasteiger partial charge on any atom is -0.495 e. The minimum absolute atomic E-state index is 0.0182. The Morgan fingerprint density at radius 1 is 1.09 bits per heavy atom. The Labute approximate surface area is 191 Å². The van der Waals surface area contributed by atoms with Crippen LogP contribution in [-0.2, 0) is 14.8 Å². The van der Waals surface area contributed by atoms with Crippen molar-refractivity contribution in [2.24, 2.45) is 0 Å². The van der Waals surface area contributed by atoms with Gasteiger partial charge in [0, 0.05) is 24.7 Å². The molecule has 0 aromatic heterocycles. The van der Waals surface area contributed by atoms with Crippen LogP contribution in [0.25, 0.3) is 0 Å². The van der Waals surface area contributed by atoms with Crippen LogP contribution in [0.2, 0.25) is 5.02 Å². The number of carbonyl (C=O) groups excluding carboxylic acids is 2. The maximum Gasteiger partial charge on any atom is 0.409 e. The van der Waals surface area contributed by atoms with Crippen LogP contribution in [0.5, 0.6) is 5.75 Å². The molecule has 1 aliphatic rings. The number of nitrogens with zero attached hydrogens (tertiary/aromatic N) is 1. The second-order valence-electron chi connectivity index (χ2n) is 7.16. The molecule has 1 heterocycles. The Morgan fingerprint density at radius 3 is 2.44 bits per heavy atom. The van der Waals surface area contributed by atoms with E-state index in [0.717, 1.165) is 0 Å². The molecule has 32 heavy (non-hydrogen) atoms. The van der Waals surface area contributed by atoms with Crippen LogP contribution in [0.3, 0.4) is 0 Å². The number of methoxy groups -OCH3 is 2. The van der Waals surface area contributed by atoms with Crippen molar-refractivity contribution in [3.05, 3.63) is 53.1 Å². The van der Waals surface area contributed by atoms with Crippen molar-refractivity contribution in [1.29, 1.82) is 0 Å². The Hall–Kier alpha value is -2.98. The summed E-state index contributed by atoms with van der Waals surface area (Å²) in [5.74, 6) is -0.0775. The van der Waals surface area contributed by atoms with E-state index in [1.54, 1.807) is 29.2 Å². The summed E-state index contributed by atoms with van der Waals surface area (Å²) >= 11 is 6.15. The number of nitrogens with one attached hydrogen (secondary N) is 2. The normalized spacial score (nSPS) is 14.5. The zero-order valence-corrected chi connectivity index (χ0v) is 19.2. The molecule has 0 atom stereocenters. The zero-order chi connectivity index (χ0) is 23.3. The number of halogens is 1. The molecule has 0 radical (unpaired) electrons. The average Bonchev–Trinajstić information content (AvgIpc) is 2.79. The number of para-hydroxylation sites is 2. The molecule has 0 spiro atoms. The molecule has 0 unspecified atom stereocenters. The first kappa shape index (κ1) is 23.7. The van der Waals surface area contributed by atoms with Gasteiger partial charge in [-0.3, -0.25) is 9.52 Å². The van der Waals surface area contributed by atoms with Gasteiger partial charge in [-0.15, -0.1) is 0 Å². The first-order valence-corrected chi connectivity index (χ1v) is 11.7. The second kappa shape index (κ2) is 10.1. The van der Waals surface area contributed by atoms with Crippen LogP contribution < -0.4 is 14.8 Å². The molecule has 2 aromatic rings. The summed E-state index contributed by atoms with van der Waals surface area (Å²) in [7, 11) is -1.33. The third-order valence-electron chi connectivity index (χ3n) is 5.10. The molecule has 1 saturated heterocycles. The van der Waals surface area contributed by atoms with Crippen LogP contribution in [-0.4, -0.2) is 58.7 Å². The molecular formula is C21H24ClN3O6S. The van der Waals surface area contributed by atoms with E-state index < -0.39 is 22.0 Å². The van der Waals surface area contributed by atoms with E-state index in [4.69, 9.17) is 21.1 Å². The van der Waals surface area contributed by atoms with Crippen molar-refractivity contribution in [1.82, 2.24) is 10.2 Å². The van der Waals surface area contributed by atoms with Crippen molar-refractivity contribution in [2.75, 3.05) is 32.0 Å². The van der Waals surface area contributed by atoms with Crippen molar-refractivity contribution in [3.63, 3.8) is 0 Å². The number of benzene rings is 2. The fraction of sp³-hybridized carbons (Fsp3) is 0.333. The van der Waals surface area contributed by atoms with Crippen molar-refractivity contribution in [2.45, 2.75) is 23.8 Å². The number of rotatable bonds is 6. The molecule has 172 valence electrons. The molecule has 9 nitrogen and oxygen atoms in total. The lowest BCUT2D eigenvalue weighted by molar-refractivity contribution is 0.0892. The van der Waals surface area contributed by atoms with Crippen LogP contribution in [0.1, 0.15) is 23.2 Å². The van der Waals surface area contributed by atoms with E-state index in [9.17, 15) is 18.0 Å². The SMILES string of the molecule is COC(=O)N1CCC(NC(=O)c2ccc(Cl)c(S(=O)(=O)Nc3ccccc3OC)c2)CC1. The summed E-state index contributed by atoms with van der Waals surface area (Å²) in [6.45, 7) is 0.918. The van der Waals surface area contributed by atoms with Crippen LogP contribution in [0, 0.1) is 0 Å². The highest BCUT2D eigenvalue weighted by molar-refractivity contribution is 7.92. The number of hydrogen-bond acceptors (Lipinski definition) is 6. The van der Waals surface area contributed by atoms with Gasteiger partial charge in [-0.1, -0.05) is 23.7 Å². The van der Waals surface area contributed by atoms with Gasteiger partial charge in [0.15, 0.2) is 0 Å². The summed E-state index contributed by atoms with van der Waals surface area (Å²) in [6, 6.07) is 10.5. The Morgan fingerprint density at radius 2 is 1.78 bits per heavy atom. The van der Waals surface area contributed by atoms with Gasteiger partial charge in [0.25, 0.3) is 15.9 Å². The van der Waals surface area contributed by atoms with Crippen molar-refractivity contribution in [3.8, 4) is 5.75 Å². The van der Waals surface area contributed by atoms with E-state index in [1.807, 2.05) is 0 Å².